The molecule has 0 aliphatic heterocycles. The fourth-order valence-electron chi connectivity index (χ4n) is 2.84. The van der Waals surface area contributed by atoms with E-state index in [9.17, 15) is 4.79 Å². The maximum absolute atomic E-state index is 11.1. The van der Waals surface area contributed by atoms with E-state index in [1.54, 1.807) is 19.3 Å². The first-order valence-corrected chi connectivity index (χ1v) is 10.5. The minimum Gasteiger partial charge on any atom is -0.481 e. The largest absolute Gasteiger partial charge is 0.481 e. The van der Waals surface area contributed by atoms with Crippen LogP contribution in [0.2, 0.25) is 0 Å². The van der Waals surface area contributed by atoms with Crippen molar-refractivity contribution >= 4 is 22.4 Å². The lowest BCUT2D eigenvalue weighted by Crippen LogP contribution is -2.19. The van der Waals surface area contributed by atoms with Gasteiger partial charge >= 0.3 is 5.97 Å². The summed E-state index contributed by atoms with van der Waals surface area (Å²) in [6.07, 6.45) is 4.95. The monoisotopic (exact) mass is 432 g/mol. The molecule has 0 fully saturated rings. The van der Waals surface area contributed by atoms with Gasteiger partial charge in [0.1, 0.15) is 17.8 Å². The van der Waals surface area contributed by atoms with E-state index in [0.717, 1.165) is 33.2 Å². The first-order valence-electron chi connectivity index (χ1n) is 9.66. The molecule has 2 aromatic carbocycles. The molecule has 2 heterocycles. The number of nitrogens with one attached hydrogen (secondary N) is 1. The van der Waals surface area contributed by atoms with Crippen LogP contribution in [0.3, 0.4) is 0 Å². The molecule has 8 heteroatoms. The third-order valence-corrected chi connectivity index (χ3v) is 5.60. The second-order valence-corrected chi connectivity index (χ2v) is 7.88. The summed E-state index contributed by atoms with van der Waals surface area (Å²) >= 11 is 1.44. The standard InChI is InChI=1S/C23H20N4O3S/c1-15(22(28)29)11-26-23-27-20(21(31-23)17-12-24-14-25-13-17)16-7-9-19(10-8-16)30-18-5-3-2-4-6-18/h2-10,12-15H,11H2,1H3,(H,26,27)(H,28,29). The summed E-state index contributed by atoms with van der Waals surface area (Å²) in [6.45, 7) is 1.94. The zero-order chi connectivity index (χ0) is 21.6. The Morgan fingerprint density at radius 2 is 1.71 bits per heavy atom. The van der Waals surface area contributed by atoms with Crippen LogP contribution in [0.4, 0.5) is 5.13 Å². The Bertz CT molecular complexity index is 1150. The molecule has 0 aliphatic rings. The molecule has 0 radical (unpaired) electrons. The van der Waals surface area contributed by atoms with Gasteiger partial charge in [-0.15, -0.1) is 0 Å². The number of ether oxygens (including phenoxy) is 1. The van der Waals surface area contributed by atoms with Crippen LogP contribution >= 0.6 is 11.3 Å². The van der Waals surface area contributed by atoms with Crippen LogP contribution in [0, 0.1) is 5.92 Å². The summed E-state index contributed by atoms with van der Waals surface area (Å²) in [5.41, 5.74) is 2.53. The minimum atomic E-state index is -0.852. The van der Waals surface area contributed by atoms with E-state index in [4.69, 9.17) is 14.8 Å². The lowest BCUT2D eigenvalue weighted by atomic mass is 10.1. The number of aliphatic carboxylic acids is 1. The molecule has 1 unspecified atom stereocenters. The summed E-state index contributed by atoms with van der Waals surface area (Å²) in [5, 5.41) is 12.9. The van der Waals surface area contributed by atoms with Gasteiger partial charge < -0.3 is 15.2 Å². The number of aromatic nitrogens is 3. The van der Waals surface area contributed by atoms with E-state index in [0.29, 0.717) is 5.13 Å². The van der Waals surface area contributed by atoms with Gasteiger partial charge in [-0.2, -0.15) is 0 Å². The zero-order valence-electron chi connectivity index (χ0n) is 16.7. The van der Waals surface area contributed by atoms with Gasteiger partial charge in [0, 0.05) is 30.1 Å². The third kappa shape index (κ3) is 5.04. The predicted octanol–water partition coefficient (Wildman–Crippen LogP) is 5.19. The number of benzene rings is 2. The van der Waals surface area contributed by atoms with Gasteiger partial charge in [0.15, 0.2) is 5.13 Å². The predicted molar refractivity (Wildman–Crippen MR) is 120 cm³/mol. The lowest BCUT2D eigenvalue weighted by molar-refractivity contribution is -0.140. The average Bonchev–Trinajstić information content (AvgIpc) is 3.23. The smallest absolute Gasteiger partial charge is 0.308 e. The number of para-hydroxylation sites is 1. The first-order chi connectivity index (χ1) is 15.1. The van der Waals surface area contributed by atoms with Crippen LogP contribution < -0.4 is 10.1 Å². The van der Waals surface area contributed by atoms with Crippen LogP contribution in [0.15, 0.2) is 73.3 Å². The van der Waals surface area contributed by atoms with Gasteiger partial charge in [-0.05, 0) is 36.4 Å². The zero-order valence-corrected chi connectivity index (χ0v) is 17.5. The van der Waals surface area contributed by atoms with Gasteiger partial charge in [-0.3, -0.25) is 4.79 Å². The topological polar surface area (TPSA) is 97.2 Å². The summed E-state index contributed by atoms with van der Waals surface area (Å²) in [6, 6.07) is 17.3. The van der Waals surface area contributed by atoms with Crippen molar-refractivity contribution in [1.29, 1.82) is 0 Å². The summed E-state index contributed by atoms with van der Waals surface area (Å²) in [4.78, 5) is 25.0. The lowest BCUT2D eigenvalue weighted by Gasteiger charge is -2.07. The molecule has 2 N–H and O–H groups in total. The number of carbonyl (C=O) groups is 1. The van der Waals surface area contributed by atoms with Crippen molar-refractivity contribution in [3.05, 3.63) is 73.3 Å². The van der Waals surface area contributed by atoms with Crippen molar-refractivity contribution in [2.75, 3.05) is 11.9 Å². The number of nitrogens with zero attached hydrogens (tertiary/aromatic N) is 3. The van der Waals surface area contributed by atoms with Crippen LogP contribution in [0.5, 0.6) is 11.5 Å². The molecule has 2 aromatic heterocycles. The van der Waals surface area contributed by atoms with E-state index < -0.39 is 11.9 Å². The average molecular weight is 433 g/mol. The fraction of sp³-hybridized carbons (Fsp3) is 0.130. The maximum Gasteiger partial charge on any atom is 0.308 e. The van der Waals surface area contributed by atoms with Crippen molar-refractivity contribution in [1.82, 2.24) is 15.0 Å². The molecule has 4 aromatic rings. The number of hydrogen-bond donors (Lipinski definition) is 2. The fourth-order valence-corrected chi connectivity index (χ4v) is 3.81. The molecule has 0 saturated carbocycles. The highest BCUT2D eigenvalue weighted by atomic mass is 32.1. The van der Waals surface area contributed by atoms with E-state index in [2.05, 4.69) is 15.3 Å². The molecule has 1 atom stereocenters. The number of carboxylic acids is 1. The number of rotatable bonds is 8. The highest BCUT2D eigenvalue weighted by Crippen LogP contribution is 2.39. The molecule has 0 bridgehead atoms. The second kappa shape index (κ2) is 9.36. The molecule has 0 spiro atoms. The molecular formula is C23H20N4O3S. The molecule has 7 nitrogen and oxygen atoms in total. The molecule has 31 heavy (non-hydrogen) atoms. The van der Waals surface area contributed by atoms with E-state index in [-0.39, 0.29) is 6.54 Å². The molecule has 0 aliphatic carbocycles. The molecule has 4 rings (SSSR count). The van der Waals surface area contributed by atoms with Gasteiger partial charge in [-0.25, -0.2) is 15.0 Å². The van der Waals surface area contributed by atoms with Crippen molar-refractivity contribution in [2.45, 2.75) is 6.92 Å². The van der Waals surface area contributed by atoms with Crippen molar-refractivity contribution in [2.24, 2.45) is 5.92 Å². The third-order valence-electron chi connectivity index (χ3n) is 4.54. The molecule has 0 amide bonds. The van der Waals surface area contributed by atoms with Crippen molar-refractivity contribution in [3.63, 3.8) is 0 Å². The van der Waals surface area contributed by atoms with Gasteiger partial charge in [0.25, 0.3) is 0 Å². The van der Waals surface area contributed by atoms with E-state index in [1.807, 2.05) is 54.6 Å². The molecular weight excluding hydrogens is 412 g/mol. The van der Waals surface area contributed by atoms with Gasteiger partial charge in [0.05, 0.1) is 16.5 Å². The summed E-state index contributed by atoms with van der Waals surface area (Å²) in [5.74, 6) is 0.119. The number of anilines is 1. The highest BCUT2D eigenvalue weighted by molar-refractivity contribution is 7.19. The Balaban J connectivity index is 1.62. The molecule has 156 valence electrons. The van der Waals surface area contributed by atoms with E-state index >= 15 is 0 Å². The first kappa shape index (κ1) is 20.5. The second-order valence-electron chi connectivity index (χ2n) is 6.88. The van der Waals surface area contributed by atoms with Crippen LogP contribution in [0.1, 0.15) is 6.92 Å². The van der Waals surface area contributed by atoms with E-state index in [1.165, 1.54) is 17.7 Å². The van der Waals surface area contributed by atoms with Crippen molar-refractivity contribution < 1.29 is 14.6 Å². The van der Waals surface area contributed by atoms with Gasteiger partial charge in [0.2, 0.25) is 0 Å². The Hall–Kier alpha value is -3.78. The SMILES string of the molecule is CC(CNc1nc(-c2ccc(Oc3ccccc3)cc2)c(-c2cncnc2)s1)C(=O)O. The Labute approximate surface area is 183 Å². The number of hydrogen-bond acceptors (Lipinski definition) is 7. The Kier molecular flexibility index (Phi) is 6.18. The molecule has 0 saturated heterocycles. The summed E-state index contributed by atoms with van der Waals surface area (Å²) in [7, 11) is 0. The van der Waals surface area contributed by atoms with Gasteiger partial charge in [-0.1, -0.05) is 36.5 Å². The minimum absolute atomic E-state index is 0.289. The Morgan fingerprint density at radius 3 is 2.39 bits per heavy atom. The van der Waals surface area contributed by atoms with Crippen LogP contribution in [-0.4, -0.2) is 32.6 Å². The Morgan fingerprint density at radius 1 is 1.03 bits per heavy atom. The number of thiazole rings is 1. The van der Waals surface area contributed by atoms with Crippen molar-refractivity contribution in [3.8, 4) is 33.2 Å². The quantitative estimate of drug-likeness (QED) is 0.395. The van der Waals surface area contributed by atoms with Crippen LogP contribution in [0.25, 0.3) is 21.7 Å². The number of carboxylic acid groups (broad SMARTS) is 1. The maximum atomic E-state index is 11.1. The highest BCUT2D eigenvalue weighted by Gasteiger charge is 2.17. The normalized spacial score (nSPS) is 11.6. The summed E-state index contributed by atoms with van der Waals surface area (Å²) < 4.78 is 5.87. The van der Waals surface area contributed by atoms with Crippen LogP contribution in [-0.2, 0) is 4.79 Å².